The Morgan fingerprint density at radius 1 is 1.25 bits per heavy atom. The van der Waals surface area contributed by atoms with E-state index in [0.29, 0.717) is 5.56 Å². The number of carbonyl (C=O) groups excluding carboxylic acids is 1. The molecule has 86 valence electrons. The Morgan fingerprint density at radius 3 is 2.44 bits per heavy atom. The summed E-state index contributed by atoms with van der Waals surface area (Å²) in [5.41, 5.74) is 0.702. The van der Waals surface area contributed by atoms with Crippen molar-refractivity contribution in [1.82, 2.24) is 10.6 Å². The van der Waals surface area contributed by atoms with Crippen molar-refractivity contribution in [2.24, 2.45) is 0 Å². The van der Waals surface area contributed by atoms with Crippen LogP contribution in [0.1, 0.15) is 16.8 Å². The zero-order chi connectivity index (χ0) is 11.4. The monoisotopic (exact) mass is 220 g/mol. The second-order valence-corrected chi connectivity index (χ2v) is 3.79. The molecule has 1 saturated heterocycles. The molecule has 0 radical (unpaired) electrons. The fourth-order valence-electron chi connectivity index (χ4n) is 1.76. The molecule has 2 rings (SSSR count). The van der Waals surface area contributed by atoms with Gasteiger partial charge in [-0.05, 0) is 43.8 Å². The van der Waals surface area contributed by atoms with Gasteiger partial charge in [0, 0.05) is 5.56 Å². The summed E-state index contributed by atoms with van der Waals surface area (Å²) in [5, 5.41) is 6.31. The van der Waals surface area contributed by atoms with Crippen LogP contribution in [-0.4, -0.2) is 32.1 Å². The highest BCUT2D eigenvalue weighted by molar-refractivity contribution is 6.00. The van der Waals surface area contributed by atoms with E-state index in [1.54, 1.807) is 31.4 Å². The van der Waals surface area contributed by atoms with Gasteiger partial charge in [-0.1, -0.05) is 0 Å². The Bertz CT molecular complexity index is 356. The van der Waals surface area contributed by atoms with E-state index in [0.717, 1.165) is 25.3 Å². The van der Waals surface area contributed by atoms with Crippen LogP contribution in [0.25, 0.3) is 0 Å². The van der Waals surface area contributed by atoms with Crippen LogP contribution in [0.3, 0.4) is 0 Å². The third-order valence-electron chi connectivity index (χ3n) is 2.69. The number of Topliss-reactive ketones (excluding diaryl/α,β-unsaturated/α-hetero) is 1. The van der Waals surface area contributed by atoms with E-state index < -0.39 is 0 Å². The molecule has 1 aliphatic rings. The number of hydrogen-bond acceptors (Lipinski definition) is 4. The van der Waals surface area contributed by atoms with Crippen LogP contribution < -0.4 is 15.4 Å². The third-order valence-corrected chi connectivity index (χ3v) is 2.69. The van der Waals surface area contributed by atoms with Crippen LogP contribution in [-0.2, 0) is 0 Å². The molecule has 1 aromatic carbocycles. The molecule has 4 nitrogen and oxygen atoms in total. The minimum absolute atomic E-state index is 0.0855. The average Bonchev–Trinajstić information content (AvgIpc) is 2.39. The first-order chi connectivity index (χ1) is 7.81. The molecule has 0 aromatic heterocycles. The fourth-order valence-corrected chi connectivity index (χ4v) is 1.76. The van der Waals surface area contributed by atoms with Crippen LogP contribution in [0.2, 0.25) is 0 Å². The van der Waals surface area contributed by atoms with Gasteiger partial charge in [0.05, 0.1) is 7.11 Å². The number of ether oxygens (including phenoxy) is 1. The summed E-state index contributed by atoms with van der Waals surface area (Å²) in [6.07, 6.45) is 0.814. The van der Waals surface area contributed by atoms with Crippen LogP contribution >= 0.6 is 0 Å². The summed E-state index contributed by atoms with van der Waals surface area (Å²) < 4.78 is 5.05. The van der Waals surface area contributed by atoms with Gasteiger partial charge < -0.3 is 4.74 Å². The van der Waals surface area contributed by atoms with Gasteiger partial charge in [0.15, 0.2) is 5.78 Å². The molecule has 0 unspecified atom stereocenters. The first-order valence-electron chi connectivity index (χ1n) is 5.46. The Labute approximate surface area is 95.0 Å². The highest BCUT2D eigenvalue weighted by Crippen LogP contribution is 2.12. The van der Waals surface area contributed by atoms with Gasteiger partial charge in [-0.15, -0.1) is 0 Å². The van der Waals surface area contributed by atoms with E-state index in [9.17, 15) is 4.79 Å². The largest absolute Gasteiger partial charge is 0.497 e. The van der Waals surface area contributed by atoms with Crippen molar-refractivity contribution in [3.63, 3.8) is 0 Å². The SMILES string of the molecule is COc1ccc(C(=O)C2NCCCN2)cc1. The van der Waals surface area contributed by atoms with Gasteiger partial charge in [0.2, 0.25) is 0 Å². The molecule has 1 heterocycles. The molecule has 0 atom stereocenters. The topological polar surface area (TPSA) is 50.4 Å². The predicted molar refractivity (Wildman–Crippen MR) is 61.7 cm³/mol. The Balaban J connectivity index is 2.07. The van der Waals surface area contributed by atoms with E-state index in [2.05, 4.69) is 10.6 Å². The average molecular weight is 220 g/mol. The van der Waals surface area contributed by atoms with Crippen LogP contribution in [0.5, 0.6) is 5.75 Å². The van der Waals surface area contributed by atoms with Crippen LogP contribution in [0, 0.1) is 0 Å². The van der Waals surface area contributed by atoms with Crippen LogP contribution in [0.4, 0.5) is 0 Å². The van der Waals surface area contributed by atoms with Crippen molar-refractivity contribution < 1.29 is 9.53 Å². The lowest BCUT2D eigenvalue weighted by atomic mass is 10.1. The van der Waals surface area contributed by atoms with E-state index in [4.69, 9.17) is 4.74 Å². The Morgan fingerprint density at radius 2 is 1.88 bits per heavy atom. The van der Waals surface area contributed by atoms with Crippen LogP contribution in [0.15, 0.2) is 24.3 Å². The highest BCUT2D eigenvalue weighted by atomic mass is 16.5. The van der Waals surface area contributed by atoms with Gasteiger partial charge >= 0.3 is 0 Å². The van der Waals surface area contributed by atoms with E-state index >= 15 is 0 Å². The molecule has 0 bridgehead atoms. The fraction of sp³-hybridized carbons (Fsp3) is 0.417. The number of carbonyl (C=O) groups is 1. The van der Waals surface area contributed by atoms with Gasteiger partial charge in [-0.3, -0.25) is 15.4 Å². The number of hydrogen-bond donors (Lipinski definition) is 2. The molecule has 0 amide bonds. The lowest BCUT2D eigenvalue weighted by molar-refractivity contribution is 0.0912. The second-order valence-electron chi connectivity index (χ2n) is 3.79. The normalized spacial score (nSPS) is 17.1. The van der Waals surface area contributed by atoms with Crippen molar-refractivity contribution in [1.29, 1.82) is 0 Å². The molecule has 0 spiro atoms. The number of methoxy groups -OCH3 is 1. The van der Waals surface area contributed by atoms with Gasteiger partial charge in [-0.2, -0.15) is 0 Å². The quantitative estimate of drug-likeness (QED) is 0.739. The third kappa shape index (κ3) is 2.40. The number of ketones is 1. The standard InChI is InChI=1S/C12H16N2O2/c1-16-10-5-3-9(4-6-10)11(15)12-13-7-2-8-14-12/h3-6,12-14H,2,7-8H2,1H3. The first kappa shape index (κ1) is 11.1. The predicted octanol–water partition coefficient (Wildman–Crippen LogP) is 0.787. The summed E-state index contributed by atoms with van der Waals surface area (Å²) in [6, 6.07) is 7.18. The van der Waals surface area contributed by atoms with E-state index in [1.807, 2.05) is 0 Å². The van der Waals surface area contributed by atoms with Crippen molar-refractivity contribution in [3.8, 4) is 5.75 Å². The summed E-state index contributed by atoms with van der Waals surface area (Å²) in [4.78, 5) is 12.0. The number of benzene rings is 1. The molecule has 1 aromatic rings. The van der Waals surface area contributed by atoms with Gasteiger partial charge in [0.1, 0.15) is 11.9 Å². The van der Waals surface area contributed by atoms with Crippen molar-refractivity contribution >= 4 is 5.78 Å². The Hall–Kier alpha value is -1.39. The molecular formula is C12H16N2O2. The maximum absolute atomic E-state index is 12.0. The molecule has 0 aliphatic carbocycles. The lowest BCUT2D eigenvalue weighted by Gasteiger charge is -2.23. The highest BCUT2D eigenvalue weighted by Gasteiger charge is 2.20. The molecule has 16 heavy (non-hydrogen) atoms. The van der Waals surface area contributed by atoms with Crippen molar-refractivity contribution in [3.05, 3.63) is 29.8 Å². The molecule has 1 aliphatic heterocycles. The number of rotatable bonds is 3. The molecule has 0 saturated carbocycles. The zero-order valence-corrected chi connectivity index (χ0v) is 9.32. The second kappa shape index (κ2) is 5.09. The maximum atomic E-state index is 12.0. The minimum atomic E-state index is -0.248. The van der Waals surface area contributed by atoms with Gasteiger partial charge in [-0.25, -0.2) is 0 Å². The molecule has 2 N–H and O–H groups in total. The summed E-state index contributed by atoms with van der Waals surface area (Å²) in [5.74, 6) is 0.850. The van der Waals surface area contributed by atoms with Crippen molar-refractivity contribution in [2.45, 2.75) is 12.6 Å². The molecule has 1 fully saturated rings. The summed E-state index contributed by atoms with van der Waals surface area (Å²) in [7, 11) is 1.61. The zero-order valence-electron chi connectivity index (χ0n) is 9.32. The minimum Gasteiger partial charge on any atom is -0.497 e. The smallest absolute Gasteiger partial charge is 0.194 e. The van der Waals surface area contributed by atoms with Crippen molar-refractivity contribution in [2.75, 3.05) is 20.2 Å². The maximum Gasteiger partial charge on any atom is 0.194 e. The number of nitrogens with one attached hydrogen (secondary N) is 2. The first-order valence-corrected chi connectivity index (χ1v) is 5.46. The van der Waals surface area contributed by atoms with E-state index in [-0.39, 0.29) is 11.9 Å². The summed E-state index contributed by atoms with van der Waals surface area (Å²) >= 11 is 0. The Kier molecular flexibility index (Phi) is 3.54. The lowest BCUT2D eigenvalue weighted by Crippen LogP contribution is -2.53. The van der Waals surface area contributed by atoms with E-state index in [1.165, 1.54) is 0 Å². The van der Waals surface area contributed by atoms with Gasteiger partial charge in [0.25, 0.3) is 0 Å². The molecular weight excluding hydrogens is 204 g/mol. The molecule has 4 heteroatoms. The summed E-state index contributed by atoms with van der Waals surface area (Å²) in [6.45, 7) is 1.78.